The molecular weight excluding hydrogens is 206 g/mol. The van der Waals surface area contributed by atoms with Crippen LogP contribution in [0.15, 0.2) is 0 Å². The molecular formula is C12H27NOS. The molecule has 0 bridgehead atoms. The van der Waals surface area contributed by atoms with Crippen molar-refractivity contribution < 1.29 is 5.11 Å². The van der Waals surface area contributed by atoms with Gasteiger partial charge in [0.25, 0.3) is 0 Å². The first-order valence-corrected chi connectivity index (χ1v) is 7.20. The van der Waals surface area contributed by atoms with Crippen molar-refractivity contribution in [1.29, 1.82) is 0 Å². The van der Waals surface area contributed by atoms with Crippen molar-refractivity contribution in [2.45, 2.75) is 52.6 Å². The van der Waals surface area contributed by atoms with Crippen molar-refractivity contribution in [3.8, 4) is 0 Å². The first-order chi connectivity index (χ1) is 7.10. The second-order valence-corrected chi connectivity index (χ2v) is 5.69. The molecule has 2 atom stereocenters. The SMILES string of the molecule is CCC(CCO)NC(C)CSCC(C)C. The molecule has 0 aromatic heterocycles. The molecule has 0 saturated heterocycles. The molecule has 2 unspecified atom stereocenters. The summed E-state index contributed by atoms with van der Waals surface area (Å²) in [4.78, 5) is 0. The molecule has 3 heteroatoms. The van der Waals surface area contributed by atoms with E-state index in [1.807, 2.05) is 11.8 Å². The van der Waals surface area contributed by atoms with Gasteiger partial charge in [0.2, 0.25) is 0 Å². The molecule has 0 saturated carbocycles. The average molecular weight is 233 g/mol. The summed E-state index contributed by atoms with van der Waals surface area (Å²) in [6, 6.07) is 1.02. The molecule has 0 aliphatic carbocycles. The lowest BCUT2D eigenvalue weighted by atomic mass is 10.1. The lowest BCUT2D eigenvalue weighted by molar-refractivity contribution is 0.258. The third-order valence-electron chi connectivity index (χ3n) is 2.31. The molecule has 0 heterocycles. The lowest BCUT2D eigenvalue weighted by Crippen LogP contribution is -2.38. The van der Waals surface area contributed by atoms with Gasteiger partial charge in [0.05, 0.1) is 0 Å². The second kappa shape index (κ2) is 9.49. The number of hydrogen-bond donors (Lipinski definition) is 2. The van der Waals surface area contributed by atoms with Gasteiger partial charge in [-0.1, -0.05) is 20.8 Å². The summed E-state index contributed by atoms with van der Waals surface area (Å²) in [6.45, 7) is 9.20. The average Bonchev–Trinajstić information content (AvgIpc) is 2.16. The Bertz CT molecular complexity index is 142. The van der Waals surface area contributed by atoms with Crippen LogP contribution in [0.2, 0.25) is 0 Å². The van der Waals surface area contributed by atoms with E-state index in [4.69, 9.17) is 5.11 Å². The normalized spacial score (nSPS) is 15.6. The van der Waals surface area contributed by atoms with Crippen molar-refractivity contribution in [3.63, 3.8) is 0 Å². The van der Waals surface area contributed by atoms with E-state index in [0.717, 1.165) is 18.8 Å². The van der Waals surface area contributed by atoms with E-state index in [2.05, 4.69) is 33.0 Å². The monoisotopic (exact) mass is 233 g/mol. The number of nitrogens with one attached hydrogen (secondary N) is 1. The van der Waals surface area contributed by atoms with Crippen LogP contribution in [0, 0.1) is 5.92 Å². The van der Waals surface area contributed by atoms with Gasteiger partial charge in [0.15, 0.2) is 0 Å². The highest BCUT2D eigenvalue weighted by molar-refractivity contribution is 7.99. The number of thioether (sulfide) groups is 1. The quantitative estimate of drug-likeness (QED) is 0.642. The van der Waals surface area contributed by atoms with Crippen LogP contribution in [-0.4, -0.2) is 35.3 Å². The molecule has 2 N–H and O–H groups in total. The Labute approximate surface area is 99.2 Å². The van der Waals surface area contributed by atoms with Crippen LogP contribution < -0.4 is 5.32 Å². The Morgan fingerprint density at radius 1 is 1.20 bits per heavy atom. The van der Waals surface area contributed by atoms with E-state index in [1.165, 1.54) is 11.5 Å². The van der Waals surface area contributed by atoms with Gasteiger partial charge < -0.3 is 10.4 Å². The van der Waals surface area contributed by atoms with Gasteiger partial charge >= 0.3 is 0 Å². The summed E-state index contributed by atoms with van der Waals surface area (Å²) in [7, 11) is 0. The molecule has 0 aliphatic rings. The van der Waals surface area contributed by atoms with E-state index in [-0.39, 0.29) is 6.61 Å². The van der Waals surface area contributed by atoms with Gasteiger partial charge in [-0.2, -0.15) is 11.8 Å². The number of aliphatic hydroxyl groups is 1. The fourth-order valence-electron chi connectivity index (χ4n) is 1.49. The molecule has 0 aromatic carbocycles. The summed E-state index contributed by atoms with van der Waals surface area (Å²) in [5.41, 5.74) is 0. The minimum Gasteiger partial charge on any atom is -0.396 e. The van der Waals surface area contributed by atoms with Gasteiger partial charge in [-0.25, -0.2) is 0 Å². The van der Waals surface area contributed by atoms with Gasteiger partial charge in [-0.3, -0.25) is 0 Å². The van der Waals surface area contributed by atoms with Crippen molar-refractivity contribution >= 4 is 11.8 Å². The maximum absolute atomic E-state index is 8.88. The molecule has 0 rings (SSSR count). The zero-order chi connectivity index (χ0) is 11.7. The van der Waals surface area contributed by atoms with E-state index in [9.17, 15) is 0 Å². The van der Waals surface area contributed by atoms with E-state index >= 15 is 0 Å². The van der Waals surface area contributed by atoms with E-state index < -0.39 is 0 Å². The van der Waals surface area contributed by atoms with Gasteiger partial charge in [0, 0.05) is 24.4 Å². The molecule has 15 heavy (non-hydrogen) atoms. The fraction of sp³-hybridized carbons (Fsp3) is 1.00. The van der Waals surface area contributed by atoms with Gasteiger partial charge in [-0.15, -0.1) is 0 Å². The molecule has 0 amide bonds. The minimum absolute atomic E-state index is 0.289. The van der Waals surface area contributed by atoms with Crippen molar-refractivity contribution in [1.82, 2.24) is 5.32 Å². The molecule has 2 nitrogen and oxygen atoms in total. The maximum atomic E-state index is 8.88. The molecule has 0 radical (unpaired) electrons. The third kappa shape index (κ3) is 9.21. The second-order valence-electron chi connectivity index (χ2n) is 4.62. The zero-order valence-electron chi connectivity index (χ0n) is 10.6. The van der Waals surface area contributed by atoms with E-state index in [1.54, 1.807) is 0 Å². The molecule has 0 fully saturated rings. The van der Waals surface area contributed by atoms with Crippen LogP contribution in [0.4, 0.5) is 0 Å². The van der Waals surface area contributed by atoms with Crippen LogP contribution in [0.1, 0.15) is 40.5 Å². The Morgan fingerprint density at radius 2 is 1.87 bits per heavy atom. The minimum atomic E-state index is 0.289. The van der Waals surface area contributed by atoms with Crippen LogP contribution in [-0.2, 0) is 0 Å². The summed E-state index contributed by atoms with van der Waals surface area (Å²) in [6.07, 6.45) is 1.97. The smallest absolute Gasteiger partial charge is 0.0445 e. The van der Waals surface area contributed by atoms with Crippen LogP contribution >= 0.6 is 11.8 Å². The van der Waals surface area contributed by atoms with Crippen molar-refractivity contribution in [2.24, 2.45) is 5.92 Å². The van der Waals surface area contributed by atoms with Crippen molar-refractivity contribution in [2.75, 3.05) is 18.1 Å². The molecule has 0 aliphatic heterocycles. The van der Waals surface area contributed by atoms with Crippen LogP contribution in [0.25, 0.3) is 0 Å². The molecule has 0 spiro atoms. The van der Waals surface area contributed by atoms with E-state index in [0.29, 0.717) is 12.1 Å². The fourth-order valence-corrected chi connectivity index (χ4v) is 2.55. The highest BCUT2D eigenvalue weighted by atomic mass is 32.2. The van der Waals surface area contributed by atoms with Crippen LogP contribution in [0.5, 0.6) is 0 Å². The first-order valence-electron chi connectivity index (χ1n) is 6.04. The highest BCUT2D eigenvalue weighted by Crippen LogP contribution is 2.10. The highest BCUT2D eigenvalue weighted by Gasteiger charge is 2.09. The third-order valence-corrected chi connectivity index (χ3v) is 3.95. The number of rotatable bonds is 9. The Balaban J connectivity index is 3.56. The van der Waals surface area contributed by atoms with Gasteiger partial charge in [0.1, 0.15) is 0 Å². The predicted molar refractivity (Wildman–Crippen MR) is 70.5 cm³/mol. The Morgan fingerprint density at radius 3 is 2.33 bits per heavy atom. The van der Waals surface area contributed by atoms with Gasteiger partial charge in [-0.05, 0) is 31.4 Å². The summed E-state index contributed by atoms with van der Waals surface area (Å²) in [5, 5.41) is 12.4. The number of hydrogen-bond acceptors (Lipinski definition) is 3. The summed E-state index contributed by atoms with van der Waals surface area (Å²) >= 11 is 2.02. The summed E-state index contributed by atoms with van der Waals surface area (Å²) < 4.78 is 0. The first kappa shape index (κ1) is 15.3. The summed E-state index contributed by atoms with van der Waals surface area (Å²) in [5.74, 6) is 3.18. The lowest BCUT2D eigenvalue weighted by Gasteiger charge is -2.21. The standard InChI is InChI=1S/C12H27NOS/c1-5-12(6-7-14)13-11(4)9-15-8-10(2)3/h10-14H,5-9H2,1-4H3. The predicted octanol–water partition coefficient (Wildman–Crippen LogP) is 2.51. The molecule has 92 valence electrons. The molecule has 0 aromatic rings. The zero-order valence-corrected chi connectivity index (χ0v) is 11.4. The Kier molecular flexibility index (Phi) is 9.66. The largest absolute Gasteiger partial charge is 0.396 e. The maximum Gasteiger partial charge on any atom is 0.0445 e. The Hall–Kier alpha value is 0.270. The topological polar surface area (TPSA) is 32.3 Å². The van der Waals surface area contributed by atoms with Crippen molar-refractivity contribution in [3.05, 3.63) is 0 Å². The number of aliphatic hydroxyl groups excluding tert-OH is 1. The van der Waals surface area contributed by atoms with Crippen LogP contribution in [0.3, 0.4) is 0 Å².